The van der Waals surface area contributed by atoms with E-state index in [-0.39, 0.29) is 12.2 Å². The fraction of sp³-hybridized carbons (Fsp3) is 1.00. The Bertz CT molecular complexity index is 178. The number of nitrogens with one attached hydrogen (secondary N) is 1. The van der Waals surface area contributed by atoms with Crippen LogP contribution in [-0.2, 0) is 14.2 Å². The van der Waals surface area contributed by atoms with Crippen LogP contribution in [0.4, 0.5) is 0 Å². The average Bonchev–Trinajstić information content (AvgIpc) is 2.26. The summed E-state index contributed by atoms with van der Waals surface area (Å²) in [7, 11) is 1.75. The van der Waals surface area contributed by atoms with Crippen LogP contribution in [0.3, 0.4) is 0 Å². The lowest BCUT2D eigenvalue weighted by atomic mass is 9.85. The molecule has 3 unspecified atom stereocenters. The fourth-order valence-corrected chi connectivity index (χ4v) is 2.08. The molecule has 0 bridgehead atoms. The summed E-state index contributed by atoms with van der Waals surface area (Å²) in [5.41, 5.74) is 0. The smallest absolute Gasteiger partial charge is 0.0986 e. The average molecular weight is 231 g/mol. The zero-order chi connectivity index (χ0) is 11.8. The van der Waals surface area contributed by atoms with Crippen molar-refractivity contribution in [3.05, 3.63) is 0 Å². The maximum absolute atomic E-state index is 5.57. The lowest BCUT2D eigenvalue weighted by molar-refractivity contribution is -0.131. The summed E-state index contributed by atoms with van der Waals surface area (Å²) in [6, 6.07) is 0.447. The van der Waals surface area contributed by atoms with Crippen molar-refractivity contribution in [3.8, 4) is 0 Å². The molecule has 1 aliphatic rings. The molecular formula is C12H25NO3. The molecule has 0 aromatic heterocycles. The van der Waals surface area contributed by atoms with E-state index in [2.05, 4.69) is 5.32 Å². The first kappa shape index (κ1) is 13.9. The minimum absolute atomic E-state index is 0.215. The number of rotatable bonds is 9. The Morgan fingerprint density at radius 1 is 1.25 bits per heavy atom. The summed E-state index contributed by atoms with van der Waals surface area (Å²) < 4.78 is 16.3. The summed E-state index contributed by atoms with van der Waals surface area (Å²) in [6.45, 7) is 7.44. The number of hydrogen-bond donors (Lipinski definition) is 1. The SMILES string of the molecule is CCOCCCNC1CC(OCC)C1OC. The van der Waals surface area contributed by atoms with E-state index in [1.165, 1.54) is 0 Å². The highest BCUT2D eigenvalue weighted by atomic mass is 16.5. The van der Waals surface area contributed by atoms with E-state index in [1.54, 1.807) is 7.11 Å². The Morgan fingerprint density at radius 2 is 2.06 bits per heavy atom. The minimum atomic E-state index is 0.215. The van der Waals surface area contributed by atoms with Gasteiger partial charge in [-0.1, -0.05) is 0 Å². The van der Waals surface area contributed by atoms with Crippen LogP contribution in [-0.4, -0.2) is 51.7 Å². The molecule has 0 amide bonds. The van der Waals surface area contributed by atoms with Gasteiger partial charge >= 0.3 is 0 Å². The van der Waals surface area contributed by atoms with E-state index in [9.17, 15) is 0 Å². The molecule has 1 saturated carbocycles. The van der Waals surface area contributed by atoms with E-state index in [0.29, 0.717) is 6.04 Å². The Labute approximate surface area is 98.6 Å². The van der Waals surface area contributed by atoms with Gasteiger partial charge in [0.25, 0.3) is 0 Å². The van der Waals surface area contributed by atoms with Gasteiger partial charge in [-0.05, 0) is 33.2 Å². The van der Waals surface area contributed by atoms with Crippen LogP contribution in [0.5, 0.6) is 0 Å². The molecule has 0 radical (unpaired) electrons. The highest BCUT2D eigenvalue weighted by molar-refractivity contribution is 4.96. The van der Waals surface area contributed by atoms with Gasteiger partial charge in [-0.25, -0.2) is 0 Å². The monoisotopic (exact) mass is 231 g/mol. The number of hydrogen-bond acceptors (Lipinski definition) is 4. The normalized spacial score (nSPS) is 29.1. The summed E-state index contributed by atoms with van der Waals surface area (Å²) in [5.74, 6) is 0. The van der Waals surface area contributed by atoms with Crippen LogP contribution in [0, 0.1) is 0 Å². The second kappa shape index (κ2) is 8.01. The maximum atomic E-state index is 5.57. The van der Waals surface area contributed by atoms with Gasteiger partial charge in [0, 0.05) is 33.0 Å². The molecule has 0 aromatic rings. The number of ether oxygens (including phenoxy) is 3. The van der Waals surface area contributed by atoms with Gasteiger partial charge < -0.3 is 19.5 Å². The topological polar surface area (TPSA) is 39.7 Å². The third kappa shape index (κ3) is 4.01. The Hall–Kier alpha value is -0.160. The van der Waals surface area contributed by atoms with Gasteiger partial charge in [0.05, 0.1) is 12.2 Å². The molecule has 1 aliphatic carbocycles. The molecule has 4 heteroatoms. The summed E-state index contributed by atoms with van der Waals surface area (Å²) >= 11 is 0. The summed E-state index contributed by atoms with van der Waals surface area (Å²) in [6.07, 6.45) is 2.60. The largest absolute Gasteiger partial charge is 0.382 e. The van der Waals surface area contributed by atoms with Gasteiger partial charge in [-0.15, -0.1) is 0 Å². The second-order valence-electron chi connectivity index (χ2n) is 4.04. The molecule has 0 saturated heterocycles. The van der Waals surface area contributed by atoms with Gasteiger partial charge in [-0.2, -0.15) is 0 Å². The highest BCUT2D eigenvalue weighted by Crippen LogP contribution is 2.26. The molecule has 0 spiro atoms. The van der Waals surface area contributed by atoms with Crippen molar-refractivity contribution in [1.29, 1.82) is 0 Å². The highest BCUT2D eigenvalue weighted by Gasteiger charge is 2.41. The molecule has 0 aliphatic heterocycles. The van der Waals surface area contributed by atoms with Gasteiger partial charge in [-0.3, -0.25) is 0 Å². The van der Waals surface area contributed by atoms with Crippen molar-refractivity contribution in [1.82, 2.24) is 5.32 Å². The lowest BCUT2D eigenvalue weighted by Crippen LogP contribution is -2.59. The fourth-order valence-electron chi connectivity index (χ4n) is 2.08. The summed E-state index contributed by atoms with van der Waals surface area (Å²) in [4.78, 5) is 0. The zero-order valence-corrected chi connectivity index (χ0v) is 10.7. The maximum Gasteiger partial charge on any atom is 0.0986 e. The third-order valence-electron chi connectivity index (χ3n) is 2.98. The molecule has 0 heterocycles. The first-order chi connectivity index (χ1) is 7.83. The molecule has 4 nitrogen and oxygen atoms in total. The van der Waals surface area contributed by atoms with Crippen molar-refractivity contribution in [2.75, 3.05) is 33.5 Å². The van der Waals surface area contributed by atoms with E-state index < -0.39 is 0 Å². The standard InChI is InChI=1S/C12H25NO3/c1-4-15-8-6-7-13-10-9-11(16-5-2)12(10)14-3/h10-13H,4-9H2,1-3H3. The van der Waals surface area contributed by atoms with Gasteiger partial charge in [0.15, 0.2) is 0 Å². The predicted molar refractivity (Wildman–Crippen MR) is 63.7 cm³/mol. The van der Waals surface area contributed by atoms with Crippen LogP contribution in [0.2, 0.25) is 0 Å². The Morgan fingerprint density at radius 3 is 2.69 bits per heavy atom. The zero-order valence-electron chi connectivity index (χ0n) is 10.7. The van der Waals surface area contributed by atoms with Crippen LogP contribution in [0.15, 0.2) is 0 Å². The van der Waals surface area contributed by atoms with Gasteiger partial charge in [0.1, 0.15) is 0 Å². The number of methoxy groups -OCH3 is 1. The van der Waals surface area contributed by atoms with Gasteiger partial charge in [0.2, 0.25) is 0 Å². The van der Waals surface area contributed by atoms with Crippen molar-refractivity contribution >= 4 is 0 Å². The quantitative estimate of drug-likeness (QED) is 0.605. The van der Waals surface area contributed by atoms with Crippen LogP contribution in [0.1, 0.15) is 26.7 Å². The predicted octanol–water partition coefficient (Wildman–Crippen LogP) is 1.20. The van der Waals surface area contributed by atoms with Crippen molar-refractivity contribution in [2.45, 2.75) is 44.9 Å². The lowest BCUT2D eigenvalue weighted by Gasteiger charge is -2.43. The molecule has 1 rings (SSSR count). The molecule has 3 atom stereocenters. The Balaban J connectivity index is 2.05. The molecule has 96 valence electrons. The first-order valence-electron chi connectivity index (χ1n) is 6.29. The summed E-state index contributed by atoms with van der Waals surface area (Å²) in [5, 5.41) is 3.48. The third-order valence-corrected chi connectivity index (χ3v) is 2.98. The second-order valence-corrected chi connectivity index (χ2v) is 4.04. The molecule has 1 fully saturated rings. The van der Waals surface area contributed by atoms with E-state index in [4.69, 9.17) is 14.2 Å². The Kier molecular flexibility index (Phi) is 6.96. The molecular weight excluding hydrogens is 206 g/mol. The molecule has 0 aromatic carbocycles. The molecule has 1 N–H and O–H groups in total. The van der Waals surface area contributed by atoms with Crippen molar-refractivity contribution < 1.29 is 14.2 Å². The van der Waals surface area contributed by atoms with E-state index in [1.807, 2.05) is 13.8 Å². The minimum Gasteiger partial charge on any atom is -0.382 e. The van der Waals surface area contributed by atoms with Crippen LogP contribution >= 0.6 is 0 Å². The molecule has 16 heavy (non-hydrogen) atoms. The van der Waals surface area contributed by atoms with E-state index in [0.717, 1.165) is 39.2 Å². The van der Waals surface area contributed by atoms with Crippen LogP contribution < -0.4 is 5.32 Å². The van der Waals surface area contributed by atoms with Crippen LogP contribution in [0.25, 0.3) is 0 Å². The van der Waals surface area contributed by atoms with E-state index >= 15 is 0 Å². The van der Waals surface area contributed by atoms with Crippen molar-refractivity contribution in [3.63, 3.8) is 0 Å². The first-order valence-corrected chi connectivity index (χ1v) is 6.29. The van der Waals surface area contributed by atoms with Crippen molar-refractivity contribution in [2.24, 2.45) is 0 Å².